The molecule has 1 aromatic rings. The Balaban J connectivity index is 2.22. The summed E-state index contributed by atoms with van der Waals surface area (Å²) in [6, 6.07) is 0. The van der Waals surface area contributed by atoms with Gasteiger partial charge in [0.05, 0.1) is 5.54 Å². The first kappa shape index (κ1) is 14.5. The monoisotopic (exact) mass is 267 g/mol. The summed E-state index contributed by atoms with van der Waals surface area (Å²) in [5.74, 6) is 1.72. The summed E-state index contributed by atoms with van der Waals surface area (Å²) >= 11 is 0. The van der Waals surface area contributed by atoms with Crippen LogP contribution in [0.3, 0.4) is 0 Å². The maximum Gasteiger partial charge on any atom is 0.247 e. The molecule has 1 fully saturated rings. The Hall–Kier alpha value is -0.940. The largest absolute Gasteiger partial charge is 0.370 e. The minimum atomic E-state index is -0.126. The van der Waals surface area contributed by atoms with Crippen molar-refractivity contribution in [3.63, 3.8) is 0 Å². The predicted molar refractivity (Wildman–Crippen MR) is 72.7 cm³/mol. The first-order valence-electron chi connectivity index (χ1n) is 7.33. The molecule has 1 saturated heterocycles. The topological polar surface area (TPSA) is 60.2 Å². The smallest absolute Gasteiger partial charge is 0.247 e. The van der Waals surface area contributed by atoms with E-state index in [9.17, 15) is 0 Å². The zero-order chi connectivity index (χ0) is 13.9. The number of hydrogen-bond acceptors (Lipinski definition) is 5. The third-order valence-corrected chi connectivity index (χ3v) is 3.90. The molecule has 0 aromatic carbocycles. The molecule has 0 aliphatic carbocycles. The highest BCUT2D eigenvalue weighted by molar-refractivity contribution is 5.07. The van der Waals surface area contributed by atoms with Gasteiger partial charge in [0, 0.05) is 6.61 Å². The van der Waals surface area contributed by atoms with Crippen LogP contribution in [0.5, 0.6) is 0 Å². The van der Waals surface area contributed by atoms with E-state index in [2.05, 4.69) is 36.2 Å². The van der Waals surface area contributed by atoms with Gasteiger partial charge >= 0.3 is 0 Å². The second-order valence-corrected chi connectivity index (χ2v) is 5.54. The molecule has 1 aliphatic heterocycles. The highest BCUT2D eigenvalue weighted by Gasteiger charge is 2.39. The SMILES string of the molecule is CCOC(c1noc(C2(CC)CCCN2)n1)C(C)C. The van der Waals surface area contributed by atoms with E-state index in [1.807, 2.05) is 6.92 Å². The van der Waals surface area contributed by atoms with Gasteiger partial charge in [0.2, 0.25) is 11.7 Å². The van der Waals surface area contributed by atoms with Crippen molar-refractivity contribution < 1.29 is 9.26 Å². The van der Waals surface area contributed by atoms with E-state index in [4.69, 9.17) is 9.26 Å². The van der Waals surface area contributed by atoms with Gasteiger partial charge in [0.25, 0.3) is 0 Å². The molecule has 5 heteroatoms. The third-order valence-electron chi connectivity index (χ3n) is 3.90. The van der Waals surface area contributed by atoms with Crippen molar-refractivity contribution in [3.8, 4) is 0 Å². The number of rotatable bonds is 6. The van der Waals surface area contributed by atoms with Crippen molar-refractivity contribution in [3.05, 3.63) is 11.7 Å². The van der Waals surface area contributed by atoms with Crippen LogP contribution in [0.25, 0.3) is 0 Å². The lowest BCUT2D eigenvalue weighted by Gasteiger charge is -2.23. The van der Waals surface area contributed by atoms with Crippen LogP contribution >= 0.6 is 0 Å². The van der Waals surface area contributed by atoms with Gasteiger partial charge in [-0.3, -0.25) is 0 Å². The molecule has 1 N–H and O–H groups in total. The van der Waals surface area contributed by atoms with E-state index < -0.39 is 0 Å². The van der Waals surface area contributed by atoms with E-state index in [0.29, 0.717) is 24.2 Å². The van der Waals surface area contributed by atoms with Crippen LogP contribution in [-0.2, 0) is 10.3 Å². The Morgan fingerprint density at radius 1 is 1.42 bits per heavy atom. The Kier molecular flexibility index (Phi) is 4.58. The van der Waals surface area contributed by atoms with Gasteiger partial charge in [0.15, 0.2) is 0 Å². The normalized spacial score (nSPS) is 25.1. The van der Waals surface area contributed by atoms with Crippen LogP contribution in [-0.4, -0.2) is 23.3 Å². The molecule has 2 rings (SSSR count). The van der Waals surface area contributed by atoms with E-state index >= 15 is 0 Å². The number of aromatic nitrogens is 2. The summed E-state index contributed by atoms with van der Waals surface area (Å²) in [5.41, 5.74) is -0.126. The Labute approximate surface area is 115 Å². The summed E-state index contributed by atoms with van der Waals surface area (Å²) in [4.78, 5) is 4.61. The Morgan fingerprint density at radius 2 is 2.21 bits per heavy atom. The molecule has 0 radical (unpaired) electrons. The quantitative estimate of drug-likeness (QED) is 0.858. The molecule has 1 aromatic heterocycles. The molecule has 0 amide bonds. The average molecular weight is 267 g/mol. The minimum absolute atomic E-state index is 0.0854. The van der Waals surface area contributed by atoms with Crippen LogP contribution in [0, 0.1) is 5.92 Å². The van der Waals surface area contributed by atoms with Crippen molar-refractivity contribution in [1.29, 1.82) is 0 Å². The lowest BCUT2D eigenvalue weighted by atomic mass is 9.94. The van der Waals surface area contributed by atoms with Gasteiger partial charge < -0.3 is 14.6 Å². The van der Waals surface area contributed by atoms with Gasteiger partial charge in [-0.05, 0) is 38.6 Å². The average Bonchev–Trinajstić information content (AvgIpc) is 3.04. The van der Waals surface area contributed by atoms with Crippen LogP contribution in [0.4, 0.5) is 0 Å². The second-order valence-electron chi connectivity index (χ2n) is 5.54. The summed E-state index contributed by atoms with van der Waals surface area (Å²) in [5, 5.41) is 7.66. The molecule has 2 heterocycles. The maximum atomic E-state index is 5.73. The van der Waals surface area contributed by atoms with Gasteiger partial charge in [-0.2, -0.15) is 4.98 Å². The van der Waals surface area contributed by atoms with E-state index in [-0.39, 0.29) is 11.6 Å². The maximum absolute atomic E-state index is 5.73. The first-order chi connectivity index (χ1) is 9.13. The lowest BCUT2D eigenvalue weighted by molar-refractivity contribution is 0.0217. The molecular formula is C14H25N3O2. The van der Waals surface area contributed by atoms with E-state index in [1.165, 1.54) is 0 Å². The van der Waals surface area contributed by atoms with Crippen molar-refractivity contribution in [2.75, 3.05) is 13.2 Å². The molecule has 5 nitrogen and oxygen atoms in total. The van der Waals surface area contributed by atoms with Crippen molar-refractivity contribution in [2.45, 2.75) is 58.6 Å². The van der Waals surface area contributed by atoms with Gasteiger partial charge in [-0.25, -0.2) is 0 Å². The first-order valence-corrected chi connectivity index (χ1v) is 7.33. The molecule has 0 spiro atoms. The van der Waals surface area contributed by atoms with Crippen molar-refractivity contribution >= 4 is 0 Å². The van der Waals surface area contributed by atoms with Crippen LogP contribution < -0.4 is 5.32 Å². The van der Waals surface area contributed by atoms with Gasteiger partial charge in [0.1, 0.15) is 6.10 Å². The fraction of sp³-hybridized carbons (Fsp3) is 0.857. The molecule has 108 valence electrons. The molecule has 2 atom stereocenters. The van der Waals surface area contributed by atoms with Crippen molar-refractivity contribution in [2.24, 2.45) is 5.92 Å². The minimum Gasteiger partial charge on any atom is -0.370 e. The predicted octanol–water partition coefficient (Wildman–Crippen LogP) is 2.79. The van der Waals surface area contributed by atoms with Crippen LogP contribution in [0.1, 0.15) is 64.8 Å². The fourth-order valence-corrected chi connectivity index (χ4v) is 2.73. The van der Waals surface area contributed by atoms with Crippen LogP contribution in [0.2, 0.25) is 0 Å². The lowest BCUT2D eigenvalue weighted by Crippen LogP contribution is -2.36. The number of ether oxygens (including phenoxy) is 1. The standard InChI is InChI=1S/C14H25N3O2/c1-5-14(8-7-9-15-14)13-16-12(17-19-13)11(10(3)4)18-6-2/h10-11,15H,5-9H2,1-4H3. The summed E-state index contributed by atoms with van der Waals surface area (Å²) in [6.07, 6.45) is 3.10. The van der Waals surface area contributed by atoms with E-state index in [1.54, 1.807) is 0 Å². The number of hydrogen-bond donors (Lipinski definition) is 1. The summed E-state index contributed by atoms with van der Waals surface area (Å²) in [6.45, 7) is 10.0. The number of nitrogens with zero attached hydrogens (tertiary/aromatic N) is 2. The van der Waals surface area contributed by atoms with Gasteiger partial charge in [-0.15, -0.1) is 0 Å². The zero-order valence-electron chi connectivity index (χ0n) is 12.4. The second kappa shape index (κ2) is 6.01. The highest BCUT2D eigenvalue weighted by atomic mass is 16.5. The van der Waals surface area contributed by atoms with Crippen LogP contribution in [0.15, 0.2) is 4.52 Å². The van der Waals surface area contributed by atoms with E-state index in [0.717, 1.165) is 25.8 Å². The molecule has 0 bridgehead atoms. The Bertz CT molecular complexity index is 397. The zero-order valence-corrected chi connectivity index (χ0v) is 12.4. The molecule has 19 heavy (non-hydrogen) atoms. The fourth-order valence-electron chi connectivity index (χ4n) is 2.73. The molecule has 0 saturated carbocycles. The molecule has 1 aliphatic rings. The molecular weight excluding hydrogens is 242 g/mol. The Morgan fingerprint density at radius 3 is 2.74 bits per heavy atom. The summed E-state index contributed by atoms with van der Waals surface area (Å²) in [7, 11) is 0. The number of nitrogens with one attached hydrogen (secondary N) is 1. The third kappa shape index (κ3) is 2.82. The van der Waals surface area contributed by atoms with Gasteiger partial charge in [-0.1, -0.05) is 25.9 Å². The highest BCUT2D eigenvalue weighted by Crippen LogP contribution is 2.34. The molecule has 2 unspecified atom stereocenters. The summed E-state index contributed by atoms with van der Waals surface area (Å²) < 4.78 is 11.2. The van der Waals surface area contributed by atoms with Crippen molar-refractivity contribution in [1.82, 2.24) is 15.5 Å².